The monoisotopic (exact) mass is 758 g/mol. The first kappa shape index (κ1) is 42.2. The smallest absolute Gasteiger partial charge is 0.303 e. The van der Waals surface area contributed by atoms with Crippen LogP contribution in [0.15, 0.2) is 6.20 Å². The summed E-state index contributed by atoms with van der Waals surface area (Å²) in [4.78, 5) is 96.2. The van der Waals surface area contributed by atoms with Gasteiger partial charge in [-0.15, -0.1) is 5.10 Å². The van der Waals surface area contributed by atoms with Gasteiger partial charge in [0.1, 0.15) is 37.2 Å². The first-order chi connectivity index (χ1) is 24.9. The Morgan fingerprint density at radius 3 is 1.57 bits per heavy atom. The summed E-state index contributed by atoms with van der Waals surface area (Å²) in [7, 11) is 0. The number of esters is 7. The van der Waals surface area contributed by atoms with E-state index in [0.29, 0.717) is 0 Å². The van der Waals surface area contributed by atoms with Crippen molar-refractivity contribution in [2.75, 3.05) is 13.2 Å². The second-order valence-corrected chi connectivity index (χ2v) is 11.8. The van der Waals surface area contributed by atoms with E-state index in [1.54, 1.807) is 0 Å². The van der Waals surface area contributed by atoms with Crippen molar-refractivity contribution in [1.82, 2.24) is 20.3 Å². The molecule has 0 saturated carbocycles. The molecule has 0 aliphatic carbocycles. The van der Waals surface area contributed by atoms with E-state index in [1.165, 1.54) is 13.1 Å². The number of carbonyl (C=O) groups excluding carboxylic acids is 8. The van der Waals surface area contributed by atoms with Crippen LogP contribution >= 0.6 is 0 Å². The highest BCUT2D eigenvalue weighted by Gasteiger charge is 2.54. The second kappa shape index (κ2) is 19.0. The van der Waals surface area contributed by atoms with Gasteiger partial charge in [-0.3, -0.25) is 38.4 Å². The van der Waals surface area contributed by atoms with Crippen molar-refractivity contribution >= 4 is 47.7 Å². The molecule has 0 bridgehead atoms. The normalized spacial score (nSPS) is 28.0. The summed E-state index contributed by atoms with van der Waals surface area (Å²) in [6.45, 7) is 7.48. The van der Waals surface area contributed by atoms with E-state index in [9.17, 15) is 38.4 Å². The number of carbonyl (C=O) groups is 8. The molecule has 2 saturated heterocycles. The highest BCUT2D eigenvalue weighted by Crippen LogP contribution is 2.33. The summed E-state index contributed by atoms with van der Waals surface area (Å²) in [6, 6.07) is -1.25. The van der Waals surface area contributed by atoms with Crippen LogP contribution in [-0.2, 0) is 92.3 Å². The number of nitrogens with zero attached hydrogens (tertiary/aromatic N) is 3. The van der Waals surface area contributed by atoms with Crippen LogP contribution in [0.1, 0.15) is 67.3 Å². The van der Waals surface area contributed by atoms with Gasteiger partial charge in [-0.2, -0.15) is 0 Å². The molecule has 22 nitrogen and oxygen atoms in total. The molecule has 22 heteroatoms. The van der Waals surface area contributed by atoms with Crippen molar-refractivity contribution in [2.45, 2.75) is 123 Å². The molecule has 3 heterocycles. The van der Waals surface area contributed by atoms with Crippen LogP contribution in [0.2, 0.25) is 0 Å². The van der Waals surface area contributed by atoms with Crippen LogP contribution in [0.4, 0.5) is 0 Å². The quantitative estimate of drug-likeness (QED) is 0.171. The predicted octanol–water partition coefficient (Wildman–Crippen LogP) is -1.29. The highest BCUT2D eigenvalue weighted by molar-refractivity contribution is 5.74. The molecule has 294 valence electrons. The minimum absolute atomic E-state index is 0.0747. The molecule has 2 aliphatic rings. The molecule has 53 heavy (non-hydrogen) atoms. The van der Waals surface area contributed by atoms with Crippen molar-refractivity contribution in [3.05, 3.63) is 11.9 Å². The van der Waals surface area contributed by atoms with E-state index < -0.39 is 129 Å². The predicted molar refractivity (Wildman–Crippen MR) is 166 cm³/mol. The Bertz CT molecular complexity index is 1530. The summed E-state index contributed by atoms with van der Waals surface area (Å²) in [5.41, 5.74) is 0.0747. The van der Waals surface area contributed by atoms with Gasteiger partial charge in [0.05, 0.1) is 12.8 Å². The molecule has 10 atom stereocenters. The van der Waals surface area contributed by atoms with E-state index in [1.807, 2.05) is 0 Å². The summed E-state index contributed by atoms with van der Waals surface area (Å²) in [5, 5.41) is 10.7. The first-order valence-corrected chi connectivity index (χ1v) is 16.1. The standard InChI is InChI=1S/C31H42N4O18/c1-13(36)32-24-27(49-18(6)41)25(47-16(4)39)22(11-44-14(2)37)52-30(24)35-9-21(33-34-35)10-46-31-29(51-20(8)43)28(50-19(7)42)26(48-17(5)40)23(53-31)12-45-15(3)38/h9,22-31H,10-12H2,1-8H3,(H,32,36)/t22-,23-,24-,25-,26-,27-,28+,29+,30-,31+/m1/s1. The number of hydrogen-bond donors (Lipinski definition) is 1. The van der Waals surface area contributed by atoms with Gasteiger partial charge in [0, 0.05) is 55.4 Å². The van der Waals surface area contributed by atoms with Crippen LogP contribution in [0, 0.1) is 0 Å². The third-order valence-corrected chi connectivity index (χ3v) is 7.25. The summed E-state index contributed by atoms with van der Waals surface area (Å²) in [5.74, 6) is -6.06. The summed E-state index contributed by atoms with van der Waals surface area (Å²) < 4.78 is 56.3. The van der Waals surface area contributed by atoms with Crippen LogP contribution in [-0.4, -0.2) is 131 Å². The fraction of sp³-hybridized carbons (Fsp3) is 0.677. The van der Waals surface area contributed by atoms with Gasteiger partial charge in [0.15, 0.2) is 43.0 Å². The molecule has 0 aromatic carbocycles. The number of aromatic nitrogens is 3. The lowest BCUT2D eigenvalue weighted by Crippen LogP contribution is -2.64. The Kier molecular flexibility index (Phi) is 15.1. The van der Waals surface area contributed by atoms with Crippen LogP contribution in [0.25, 0.3) is 0 Å². The van der Waals surface area contributed by atoms with Gasteiger partial charge in [0.25, 0.3) is 0 Å². The molecule has 2 fully saturated rings. The number of rotatable bonds is 14. The maximum absolute atomic E-state index is 12.3. The average molecular weight is 759 g/mol. The zero-order valence-corrected chi connectivity index (χ0v) is 30.2. The summed E-state index contributed by atoms with van der Waals surface area (Å²) >= 11 is 0. The Hall–Kier alpha value is -5.22. The van der Waals surface area contributed by atoms with Gasteiger partial charge in [-0.1, -0.05) is 5.21 Å². The molecular formula is C31H42N4O18. The zero-order chi connectivity index (χ0) is 39.6. The second-order valence-electron chi connectivity index (χ2n) is 11.8. The van der Waals surface area contributed by atoms with Crippen LogP contribution in [0.5, 0.6) is 0 Å². The minimum Gasteiger partial charge on any atom is -0.463 e. The maximum Gasteiger partial charge on any atom is 0.303 e. The SMILES string of the molecule is CC(=O)N[C@@H]1[C@@H](OC(C)=O)[C@H](OC(C)=O)[C@@H](COC(C)=O)O[C@H]1n1cc(CO[C@H]2O[C@H](COC(C)=O)[C@@H](OC(C)=O)[C@H](OC(C)=O)[C@@H]2OC(C)=O)nn1. The van der Waals surface area contributed by atoms with Gasteiger partial charge >= 0.3 is 41.8 Å². The summed E-state index contributed by atoms with van der Waals surface area (Å²) in [6.07, 6.45) is -11.2. The number of hydrogen-bond acceptors (Lipinski definition) is 20. The molecule has 0 radical (unpaired) electrons. The number of ether oxygens (including phenoxy) is 10. The highest BCUT2D eigenvalue weighted by atomic mass is 16.7. The lowest BCUT2D eigenvalue weighted by atomic mass is 9.95. The van der Waals surface area contributed by atoms with Crippen molar-refractivity contribution in [3.8, 4) is 0 Å². The van der Waals surface area contributed by atoms with Crippen molar-refractivity contribution in [3.63, 3.8) is 0 Å². The maximum atomic E-state index is 12.3. The molecule has 0 unspecified atom stereocenters. The largest absolute Gasteiger partial charge is 0.463 e. The minimum atomic E-state index is -1.54. The zero-order valence-electron chi connectivity index (χ0n) is 30.2. The van der Waals surface area contributed by atoms with Crippen LogP contribution in [0.3, 0.4) is 0 Å². The van der Waals surface area contributed by atoms with E-state index >= 15 is 0 Å². The molecule has 1 aromatic heterocycles. The third kappa shape index (κ3) is 12.5. The molecule has 2 aliphatic heterocycles. The Morgan fingerprint density at radius 2 is 1.08 bits per heavy atom. The van der Waals surface area contributed by atoms with Gasteiger partial charge in [-0.05, 0) is 0 Å². The third-order valence-electron chi connectivity index (χ3n) is 7.25. The molecule has 0 spiro atoms. The van der Waals surface area contributed by atoms with Gasteiger partial charge < -0.3 is 52.7 Å². The average Bonchev–Trinajstić information content (AvgIpc) is 3.50. The first-order valence-electron chi connectivity index (χ1n) is 16.1. The Labute approximate surface area is 302 Å². The lowest BCUT2D eigenvalue weighted by molar-refractivity contribution is -0.310. The number of amides is 1. The van der Waals surface area contributed by atoms with E-state index in [0.717, 1.165) is 53.1 Å². The van der Waals surface area contributed by atoms with Gasteiger partial charge in [0.2, 0.25) is 5.91 Å². The van der Waals surface area contributed by atoms with E-state index in [-0.39, 0.29) is 5.69 Å². The van der Waals surface area contributed by atoms with Crippen molar-refractivity contribution in [1.29, 1.82) is 0 Å². The topological polar surface area (TPSA) is 272 Å². The van der Waals surface area contributed by atoms with Crippen LogP contribution < -0.4 is 5.32 Å². The van der Waals surface area contributed by atoms with Gasteiger partial charge in [-0.25, -0.2) is 4.68 Å². The van der Waals surface area contributed by atoms with E-state index in [2.05, 4.69) is 15.6 Å². The molecule has 1 amide bonds. The molecule has 3 rings (SSSR count). The van der Waals surface area contributed by atoms with Crippen molar-refractivity contribution in [2.24, 2.45) is 0 Å². The lowest BCUT2D eigenvalue weighted by Gasteiger charge is -2.45. The fourth-order valence-corrected chi connectivity index (χ4v) is 5.53. The fourth-order valence-electron chi connectivity index (χ4n) is 5.53. The Balaban J connectivity index is 1.97. The number of nitrogens with one attached hydrogen (secondary N) is 1. The molecule has 1 N–H and O–H groups in total. The van der Waals surface area contributed by atoms with E-state index in [4.69, 9.17) is 47.4 Å². The molecule has 1 aromatic rings. The van der Waals surface area contributed by atoms with Crippen molar-refractivity contribution < 1.29 is 85.7 Å². The Morgan fingerprint density at radius 1 is 0.623 bits per heavy atom. The molecular weight excluding hydrogens is 716 g/mol.